The van der Waals surface area contributed by atoms with Gasteiger partial charge in [-0.15, -0.1) is 6.58 Å². The van der Waals surface area contributed by atoms with Crippen molar-refractivity contribution in [3.8, 4) is 0 Å². The molecule has 0 aliphatic rings. The maximum atomic E-state index is 10.9. The lowest BCUT2D eigenvalue weighted by Gasteiger charge is -2.22. The molecule has 2 atom stereocenters. The van der Waals surface area contributed by atoms with E-state index in [2.05, 4.69) is 18.7 Å². The van der Waals surface area contributed by atoms with E-state index >= 15 is 0 Å². The molecule has 0 aliphatic heterocycles. The van der Waals surface area contributed by atoms with Gasteiger partial charge >= 0.3 is 5.97 Å². The molecular formula is C17H24O3. The number of rotatable bonds is 8. The highest BCUT2D eigenvalue weighted by molar-refractivity contribution is 5.65. The molecule has 3 nitrogen and oxygen atoms in total. The minimum Gasteiger partial charge on any atom is -0.436 e. The molecule has 3 heteroatoms. The molecule has 0 radical (unpaired) electrons. The first-order valence-electron chi connectivity index (χ1n) is 6.98. The van der Waals surface area contributed by atoms with Crippen molar-refractivity contribution in [2.75, 3.05) is 0 Å². The second-order valence-electron chi connectivity index (χ2n) is 5.12. The molecule has 0 spiro atoms. The normalized spacial score (nSPS) is 13.6. The number of hydrogen-bond acceptors (Lipinski definition) is 3. The first-order chi connectivity index (χ1) is 9.47. The Labute approximate surface area is 121 Å². The van der Waals surface area contributed by atoms with Crippen molar-refractivity contribution in [1.29, 1.82) is 0 Å². The number of esters is 1. The van der Waals surface area contributed by atoms with Gasteiger partial charge in [-0.05, 0) is 38.7 Å². The molecule has 0 heterocycles. The summed E-state index contributed by atoms with van der Waals surface area (Å²) in [5, 5.41) is 0. The predicted octanol–water partition coefficient (Wildman–Crippen LogP) is 3.88. The average molecular weight is 276 g/mol. The van der Waals surface area contributed by atoms with Crippen LogP contribution in [-0.2, 0) is 20.7 Å². The molecule has 0 saturated heterocycles. The Bertz CT molecular complexity index is 425. The molecule has 2 unspecified atom stereocenters. The summed E-state index contributed by atoms with van der Waals surface area (Å²) in [4.78, 5) is 10.9. The molecule has 0 amide bonds. The minimum absolute atomic E-state index is 0.0158. The van der Waals surface area contributed by atoms with Gasteiger partial charge in [0.15, 0.2) is 6.29 Å². The standard InChI is InChI=1S/C17H24O3/c1-13(2)12-17(20-15(4)19-14(3)18)11-10-16-8-6-5-7-9-16/h5-9,15,17H,1,10-12H2,2-4H3. The molecule has 0 fully saturated rings. The second kappa shape index (κ2) is 8.54. The number of carbonyl (C=O) groups excluding carboxylic acids is 1. The van der Waals surface area contributed by atoms with Crippen molar-refractivity contribution in [1.82, 2.24) is 0 Å². The number of hydrogen-bond donors (Lipinski definition) is 0. The van der Waals surface area contributed by atoms with Gasteiger partial charge in [-0.25, -0.2) is 0 Å². The number of carbonyl (C=O) groups is 1. The van der Waals surface area contributed by atoms with E-state index in [1.807, 2.05) is 25.1 Å². The van der Waals surface area contributed by atoms with Crippen LogP contribution >= 0.6 is 0 Å². The van der Waals surface area contributed by atoms with E-state index in [-0.39, 0.29) is 12.1 Å². The highest BCUT2D eigenvalue weighted by Gasteiger charge is 2.15. The molecule has 0 aliphatic carbocycles. The summed E-state index contributed by atoms with van der Waals surface area (Å²) in [5.74, 6) is -0.324. The van der Waals surface area contributed by atoms with Gasteiger partial charge in [-0.1, -0.05) is 35.9 Å². The summed E-state index contributed by atoms with van der Waals surface area (Å²) < 4.78 is 10.8. The van der Waals surface area contributed by atoms with Crippen molar-refractivity contribution < 1.29 is 14.3 Å². The fourth-order valence-corrected chi connectivity index (χ4v) is 2.11. The fraction of sp³-hybridized carbons (Fsp3) is 0.471. The highest BCUT2D eigenvalue weighted by Crippen LogP contribution is 2.16. The van der Waals surface area contributed by atoms with Crippen LogP contribution in [0.5, 0.6) is 0 Å². The number of ether oxygens (including phenoxy) is 2. The molecule has 0 aromatic heterocycles. The smallest absolute Gasteiger partial charge is 0.304 e. The number of aryl methyl sites for hydroxylation is 1. The maximum absolute atomic E-state index is 10.9. The highest BCUT2D eigenvalue weighted by atomic mass is 16.7. The van der Waals surface area contributed by atoms with Crippen LogP contribution in [0, 0.1) is 0 Å². The van der Waals surface area contributed by atoms with E-state index < -0.39 is 6.29 Å². The summed E-state index contributed by atoms with van der Waals surface area (Å²) >= 11 is 0. The van der Waals surface area contributed by atoms with Crippen molar-refractivity contribution in [3.63, 3.8) is 0 Å². The first kappa shape index (κ1) is 16.4. The number of benzene rings is 1. The summed E-state index contributed by atoms with van der Waals surface area (Å²) in [6.07, 6.45) is 2.08. The van der Waals surface area contributed by atoms with Crippen LogP contribution in [0.1, 0.15) is 39.2 Å². The molecule has 110 valence electrons. The van der Waals surface area contributed by atoms with E-state index in [1.54, 1.807) is 6.92 Å². The summed E-state index contributed by atoms with van der Waals surface area (Å²) in [7, 11) is 0. The molecule has 1 aromatic carbocycles. The van der Waals surface area contributed by atoms with Crippen LogP contribution in [-0.4, -0.2) is 18.4 Å². The summed E-state index contributed by atoms with van der Waals surface area (Å²) in [6, 6.07) is 10.3. The SMILES string of the molecule is C=C(C)CC(CCc1ccccc1)OC(C)OC(C)=O. The third-order valence-corrected chi connectivity index (χ3v) is 2.89. The zero-order valence-corrected chi connectivity index (χ0v) is 12.6. The third-order valence-electron chi connectivity index (χ3n) is 2.89. The first-order valence-corrected chi connectivity index (χ1v) is 6.98. The lowest BCUT2D eigenvalue weighted by atomic mass is 10.0. The van der Waals surface area contributed by atoms with Gasteiger partial charge in [0.05, 0.1) is 6.10 Å². The lowest BCUT2D eigenvalue weighted by molar-refractivity contribution is -0.182. The Morgan fingerprint density at radius 3 is 2.45 bits per heavy atom. The molecule has 0 saturated carbocycles. The molecule has 1 rings (SSSR count). The van der Waals surface area contributed by atoms with Crippen LogP contribution in [0.2, 0.25) is 0 Å². The second-order valence-corrected chi connectivity index (χ2v) is 5.12. The van der Waals surface area contributed by atoms with E-state index in [4.69, 9.17) is 9.47 Å². The minimum atomic E-state index is -0.521. The fourth-order valence-electron chi connectivity index (χ4n) is 2.11. The Morgan fingerprint density at radius 2 is 1.90 bits per heavy atom. The Kier molecular flexibility index (Phi) is 7.02. The van der Waals surface area contributed by atoms with Crippen LogP contribution in [0.25, 0.3) is 0 Å². The van der Waals surface area contributed by atoms with Gasteiger partial charge < -0.3 is 9.47 Å². The Balaban J connectivity index is 2.51. The lowest BCUT2D eigenvalue weighted by Crippen LogP contribution is -2.24. The van der Waals surface area contributed by atoms with Crippen LogP contribution in [0.3, 0.4) is 0 Å². The third kappa shape index (κ3) is 7.10. The Hall–Kier alpha value is -1.61. The quantitative estimate of drug-likeness (QED) is 0.410. The van der Waals surface area contributed by atoms with E-state index in [0.29, 0.717) is 0 Å². The van der Waals surface area contributed by atoms with Crippen molar-refractivity contribution in [2.45, 2.75) is 52.4 Å². The van der Waals surface area contributed by atoms with Gasteiger partial charge in [0.1, 0.15) is 0 Å². The summed E-state index contributed by atoms with van der Waals surface area (Å²) in [6.45, 7) is 9.04. The molecule has 0 N–H and O–H groups in total. The molecule has 1 aromatic rings. The predicted molar refractivity (Wildman–Crippen MR) is 80.3 cm³/mol. The topological polar surface area (TPSA) is 35.5 Å². The van der Waals surface area contributed by atoms with Crippen molar-refractivity contribution in [2.24, 2.45) is 0 Å². The molecular weight excluding hydrogens is 252 g/mol. The zero-order valence-electron chi connectivity index (χ0n) is 12.6. The van der Waals surface area contributed by atoms with Crippen molar-refractivity contribution in [3.05, 3.63) is 48.0 Å². The zero-order chi connectivity index (χ0) is 15.0. The maximum Gasteiger partial charge on any atom is 0.304 e. The van der Waals surface area contributed by atoms with Gasteiger partial charge in [-0.2, -0.15) is 0 Å². The van der Waals surface area contributed by atoms with Crippen LogP contribution in [0.4, 0.5) is 0 Å². The molecule has 20 heavy (non-hydrogen) atoms. The van der Waals surface area contributed by atoms with Gasteiger partial charge in [0, 0.05) is 6.92 Å². The van der Waals surface area contributed by atoms with Gasteiger partial charge in [0.25, 0.3) is 0 Å². The average Bonchev–Trinajstić information content (AvgIpc) is 2.35. The largest absolute Gasteiger partial charge is 0.436 e. The Morgan fingerprint density at radius 1 is 1.25 bits per heavy atom. The van der Waals surface area contributed by atoms with E-state index in [9.17, 15) is 4.79 Å². The van der Waals surface area contributed by atoms with Gasteiger partial charge in [0.2, 0.25) is 0 Å². The summed E-state index contributed by atoms with van der Waals surface area (Å²) in [5.41, 5.74) is 2.35. The van der Waals surface area contributed by atoms with E-state index in [0.717, 1.165) is 24.8 Å². The monoisotopic (exact) mass is 276 g/mol. The van der Waals surface area contributed by atoms with Crippen LogP contribution < -0.4 is 0 Å². The van der Waals surface area contributed by atoms with Gasteiger partial charge in [-0.3, -0.25) is 4.79 Å². The van der Waals surface area contributed by atoms with Crippen molar-refractivity contribution >= 4 is 5.97 Å². The van der Waals surface area contributed by atoms with E-state index in [1.165, 1.54) is 12.5 Å². The molecule has 0 bridgehead atoms. The van der Waals surface area contributed by atoms with Crippen LogP contribution in [0.15, 0.2) is 42.5 Å².